The molecule has 0 radical (unpaired) electrons. The molecule has 1 aromatic carbocycles. The van der Waals surface area contributed by atoms with Crippen LogP contribution >= 0.6 is 0 Å². The molecule has 0 amide bonds. The minimum Gasteiger partial charge on any atom is -0.494 e. The van der Waals surface area contributed by atoms with Gasteiger partial charge in [0, 0.05) is 49.4 Å². The lowest BCUT2D eigenvalue weighted by atomic mass is 9.95. The maximum atomic E-state index is 6.67. The highest BCUT2D eigenvalue weighted by Crippen LogP contribution is 2.39. The number of nitrogens with two attached hydrogens (primary N) is 2. The minimum absolute atomic E-state index is 0.0767. The van der Waals surface area contributed by atoms with Gasteiger partial charge in [-0.1, -0.05) is 20.8 Å². The molecule has 0 spiro atoms. The maximum absolute atomic E-state index is 6.67. The molecule has 8 heteroatoms. The van der Waals surface area contributed by atoms with Crippen LogP contribution < -0.4 is 26.0 Å². The van der Waals surface area contributed by atoms with Crippen molar-refractivity contribution in [3.05, 3.63) is 53.8 Å². The molecule has 3 aliphatic heterocycles. The number of aliphatic imine (C=N–C) groups is 1. The van der Waals surface area contributed by atoms with Crippen LogP contribution in [0.3, 0.4) is 0 Å². The fourth-order valence-electron chi connectivity index (χ4n) is 4.03. The predicted molar refractivity (Wildman–Crippen MR) is 125 cm³/mol. The summed E-state index contributed by atoms with van der Waals surface area (Å²) in [6.45, 7) is 10.5. The number of allylic oxidation sites excluding steroid dienone is 1. The summed E-state index contributed by atoms with van der Waals surface area (Å²) in [4.78, 5) is 10.6. The van der Waals surface area contributed by atoms with Gasteiger partial charge in [0.2, 0.25) is 5.96 Å². The number of morpholine rings is 1. The quantitative estimate of drug-likeness (QED) is 0.767. The van der Waals surface area contributed by atoms with Crippen molar-refractivity contribution in [2.24, 2.45) is 21.9 Å². The van der Waals surface area contributed by atoms with Crippen molar-refractivity contribution in [3.8, 4) is 5.75 Å². The summed E-state index contributed by atoms with van der Waals surface area (Å²) < 4.78 is 11.3. The second-order valence-electron chi connectivity index (χ2n) is 9.10. The van der Waals surface area contributed by atoms with Crippen molar-refractivity contribution >= 4 is 17.3 Å². The Morgan fingerprint density at radius 3 is 2.58 bits per heavy atom. The van der Waals surface area contributed by atoms with Gasteiger partial charge in [-0.05, 0) is 23.6 Å². The fourth-order valence-corrected chi connectivity index (χ4v) is 4.03. The number of nitrogens with zero attached hydrogens (tertiary/aromatic N) is 4. The second-order valence-corrected chi connectivity index (χ2v) is 9.10. The number of hydrogen-bond donors (Lipinski definition) is 2. The number of fused-ring (bicyclic) bond motifs is 1. The molecule has 0 aromatic heterocycles. The van der Waals surface area contributed by atoms with Crippen molar-refractivity contribution < 1.29 is 9.47 Å². The molecule has 0 bridgehead atoms. The molecule has 166 valence electrons. The molecule has 3 heterocycles. The molecule has 31 heavy (non-hydrogen) atoms. The van der Waals surface area contributed by atoms with Gasteiger partial charge < -0.3 is 30.7 Å². The van der Waals surface area contributed by atoms with E-state index in [0.29, 0.717) is 17.5 Å². The van der Waals surface area contributed by atoms with Gasteiger partial charge in [-0.2, -0.15) is 0 Å². The van der Waals surface area contributed by atoms with Crippen LogP contribution in [0.15, 0.2) is 58.8 Å². The number of anilines is 2. The van der Waals surface area contributed by atoms with Crippen molar-refractivity contribution in [1.82, 2.24) is 4.90 Å². The lowest BCUT2D eigenvalue weighted by molar-refractivity contribution is 0.122. The van der Waals surface area contributed by atoms with Crippen LogP contribution in [-0.2, 0) is 4.74 Å². The van der Waals surface area contributed by atoms with Crippen LogP contribution in [0.5, 0.6) is 5.75 Å². The Kier molecular flexibility index (Phi) is 5.58. The Bertz CT molecular complexity index is 967. The highest BCUT2D eigenvalue weighted by Gasteiger charge is 2.32. The molecular weight excluding hydrogens is 392 g/mol. The van der Waals surface area contributed by atoms with E-state index >= 15 is 0 Å². The molecule has 4 rings (SSSR count). The highest BCUT2D eigenvalue weighted by molar-refractivity contribution is 6.02. The maximum Gasteiger partial charge on any atom is 0.205 e. The van der Waals surface area contributed by atoms with Gasteiger partial charge in [0.25, 0.3) is 0 Å². The topological polar surface area (TPSA) is 92.6 Å². The van der Waals surface area contributed by atoms with Crippen LogP contribution in [0.4, 0.5) is 11.4 Å². The zero-order valence-electron chi connectivity index (χ0n) is 18.8. The van der Waals surface area contributed by atoms with Crippen LogP contribution in [0.2, 0.25) is 0 Å². The first-order valence-corrected chi connectivity index (χ1v) is 10.6. The summed E-state index contributed by atoms with van der Waals surface area (Å²) in [7, 11) is 1.67. The molecule has 3 aliphatic rings. The van der Waals surface area contributed by atoms with E-state index in [0.717, 1.165) is 55.5 Å². The van der Waals surface area contributed by atoms with Crippen molar-refractivity contribution in [2.45, 2.75) is 20.8 Å². The predicted octanol–water partition coefficient (Wildman–Crippen LogP) is 2.55. The lowest BCUT2D eigenvalue weighted by Gasteiger charge is -2.38. The van der Waals surface area contributed by atoms with E-state index in [-0.39, 0.29) is 5.41 Å². The van der Waals surface area contributed by atoms with Gasteiger partial charge in [-0.25, -0.2) is 4.99 Å². The smallest absolute Gasteiger partial charge is 0.205 e. The van der Waals surface area contributed by atoms with Gasteiger partial charge in [-0.3, -0.25) is 4.90 Å². The molecule has 0 saturated carbocycles. The summed E-state index contributed by atoms with van der Waals surface area (Å²) in [5, 5.41) is 0. The Labute approximate surface area is 184 Å². The summed E-state index contributed by atoms with van der Waals surface area (Å²) in [5.74, 6) is 1.70. The first-order valence-electron chi connectivity index (χ1n) is 10.6. The fraction of sp³-hybridized carbons (Fsp3) is 0.435. The van der Waals surface area contributed by atoms with Crippen LogP contribution in [0.1, 0.15) is 20.8 Å². The third-order valence-corrected chi connectivity index (χ3v) is 5.47. The molecule has 1 fully saturated rings. The summed E-state index contributed by atoms with van der Waals surface area (Å²) in [6, 6.07) is 6.13. The van der Waals surface area contributed by atoms with E-state index in [1.807, 2.05) is 29.3 Å². The van der Waals surface area contributed by atoms with E-state index in [9.17, 15) is 0 Å². The zero-order valence-corrected chi connectivity index (χ0v) is 18.8. The normalized spacial score (nSPS) is 19.3. The Morgan fingerprint density at radius 2 is 1.90 bits per heavy atom. The number of methoxy groups -OCH3 is 1. The largest absolute Gasteiger partial charge is 0.494 e. The molecule has 0 atom stereocenters. The Hall–Kier alpha value is -3.13. The minimum atomic E-state index is 0.0767. The summed E-state index contributed by atoms with van der Waals surface area (Å²) in [6.07, 6.45) is 5.78. The number of hydrogen-bond acceptors (Lipinski definition) is 8. The molecule has 0 unspecified atom stereocenters. The van der Waals surface area contributed by atoms with E-state index < -0.39 is 0 Å². The Morgan fingerprint density at radius 1 is 1.16 bits per heavy atom. The summed E-state index contributed by atoms with van der Waals surface area (Å²) in [5.41, 5.74) is 16.7. The molecule has 4 N–H and O–H groups in total. The Balaban J connectivity index is 1.74. The van der Waals surface area contributed by atoms with Crippen LogP contribution in [-0.4, -0.2) is 50.8 Å². The molecule has 8 nitrogen and oxygen atoms in total. The van der Waals surface area contributed by atoms with Crippen molar-refractivity contribution in [1.29, 1.82) is 0 Å². The molecule has 1 aromatic rings. The van der Waals surface area contributed by atoms with Crippen molar-refractivity contribution in [2.75, 3.05) is 49.8 Å². The number of guanidine groups is 1. The average Bonchev–Trinajstić information content (AvgIpc) is 2.75. The lowest BCUT2D eigenvalue weighted by Crippen LogP contribution is -2.44. The zero-order chi connectivity index (χ0) is 22.2. The summed E-state index contributed by atoms with van der Waals surface area (Å²) >= 11 is 0. The third-order valence-electron chi connectivity index (χ3n) is 5.47. The third kappa shape index (κ3) is 4.20. The molecule has 0 aliphatic carbocycles. The van der Waals surface area contributed by atoms with E-state index in [1.54, 1.807) is 13.3 Å². The first-order chi connectivity index (χ1) is 14.8. The number of ether oxygens (including phenoxy) is 2. The standard InChI is InChI=1S/C23H32N6O2/c1-23(2,3)15-28-8-7-16-14-26-22(25)29(20(16)21(28)24)18-6-5-17(13-19(18)30-4)27-9-11-31-12-10-27/h5-8,13-14H,9-12,15,24H2,1-4H3,(H2,25,26). The van der Waals surface area contributed by atoms with Crippen LogP contribution in [0.25, 0.3) is 0 Å². The number of rotatable bonds is 4. The van der Waals surface area contributed by atoms with E-state index in [1.165, 1.54) is 0 Å². The van der Waals surface area contributed by atoms with Gasteiger partial charge in [-0.15, -0.1) is 0 Å². The second kappa shape index (κ2) is 8.19. The monoisotopic (exact) mass is 424 g/mol. The van der Waals surface area contributed by atoms with Crippen LogP contribution in [0, 0.1) is 5.41 Å². The van der Waals surface area contributed by atoms with E-state index in [2.05, 4.69) is 41.6 Å². The number of benzene rings is 1. The van der Waals surface area contributed by atoms with E-state index in [4.69, 9.17) is 20.9 Å². The van der Waals surface area contributed by atoms with Crippen molar-refractivity contribution in [3.63, 3.8) is 0 Å². The van der Waals surface area contributed by atoms with Gasteiger partial charge in [0.15, 0.2) is 0 Å². The SMILES string of the molecule is COc1cc(N2CCOCC2)ccc1N1C(N)=NC=C2C=CN(CC(C)(C)C)C(N)=C21. The average molecular weight is 425 g/mol. The van der Waals surface area contributed by atoms with Gasteiger partial charge in [0.1, 0.15) is 11.6 Å². The molecular formula is C23H32N6O2. The highest BCUT2D eigenvalue weighted by atomic mass is 16.5. The van der Waals surface area contributed by atoms with Gasteiger partial charge in [0.05, 0.1) is 31.7 Å². The van der Waals surface area contributed by atoms with Gasteiger partial charge >= 0.3 is 0 Å². The first kappa shape index (κ1) is 21.1. The molecule has 1 saturated heterocycles.